The number of aliphatic carboxylic acids is 2. The van der Waals surface area contributed by atoms with E-state index in [1.54, 1.807) is 74.6 Å². The van der Waals surface area contributed by atoms with Gasteiger partial charge in [-0.2, -0.15) is 0 Å². The number of carboxylic acid groups (broad SMARTS) is 2. The number of hydrogen-bond acceptors (Lipinski definition) is 21. The second-order valence-electron chi connectivity index (χ2n) is 30.9. The zero-order valence-electron chi connectivity index (χ0n) is 68.6. The third-order valence-corrected chi connectivity index (χ3v) is 20.8. The van der Waals surface area contributed by atoms with Crippen LogP contribution in [0.3, 0.4) is 0 Å². The number of aromatic amines is 2. The average Bonchev–Trinajstić information content (AvgIpc) is 1.65. The number of H-pyrrole nitrogens is 2. The maximum atomic E-state index is 15.6. The van der Waals surface area contributed by atoms with Crippen molar-refractivity contribution in [2.45, 2.75) is 215 Å². The fourth-order valence-corrected chi connectivity index (χ4v) is 14.8. The number of nitrogens with two attached hydrogens (primary N) is 3. The quantitative estimate of drug-likeness (QED) is 0.0114. The molecule has 43 heteroatoms. The van der Waals surface area contributed by atoms with Gasteiger partial charge in [-0.3, -0.25) is 92.4 Å². The molecule has 666 valence electrons. The fraction of sp³-hybridized carbons (Fsp3) is 0.557. The number of unbranched alkanes of at least 4 members (excludes halogenated alkanes) is 1. The largest absolute Gasteiger partial charge is 0.480 e. The first-order valence-electron chi connectivity index (χ1n) is 40.8. The van der Waals surface area contributed by atoms with Gasteiger partial charge in [-0.15, -0.1) is 0 Å². The van der Waals surface area contributed by atoms with E-state index in [1.165, 1.54) is 29.2 Å². The van der Waals surface area contributed by atoms with Crippen molar-refractivity contribution in [1.29, 1.82) is 10.8 Å². The summed E-state index contributed by atoms with van der Waals surface area (Å²) in [5, 5.41) is 80.1. The molecule has 26 N–H and O–H groups in total. The van der Waals surface area contributed by atoms with Crippen molar-refractivity contribution in [1.82, 2.24) is 98.8 Å². The number of fused-ring (bicyclic) bond motifs is 1. The number of aliphatic hydroxyl groups excluding tert-OH is 1. The van der Waals surface area contributed by atoms with Crippen molar-refractivity contribution in [3.8, 4) is 0 Å². The Kier molecular flexibility index (Phi) is 38.2. The number of carbonyl (C=O) groups is 16. The number of guanidine groups is 2. The molecule has 0 aliphatic carbocycles. The number of likely N-dealkylation sites (tertiary alicyclic amines) is 2. The van der Waals surface area contributed by atoms with Gasteiger partial charge in [-0.25, -0.2) is 4.98 Å². The summed E-state index contributed by atoms with van der Waals surface area (Å²) in [5.41, 5.74) is 18.9. The Hall–Kier alpha value is -12.8. The molecule has 3 fully saturated rings. The summed E-state index contributed by atoms with van der Waals surface area (Å²) in [4.78, 5) is 240. The number of nitrogens with zero attached hydrogens (tertiary/aromatic N) is 4. The number of imidazole rings is 1. The van der Waals surface area contributed by atoms with E-state index in [0.29, 0.717) is 27.7 Å². The zero-order chi connectivity index (χ0) is 89.1. The van der Waals surface area contributed by atoms with E-state index in [1.807, 2.05) is 0 Å². The van der Waals surface area contributed by atoms with Gasteiger partial charge in [0.05, 0.1) is 32.4 Å². The van der Waals surface area contributed by atoms with Crippen LogP contribution in [0.15, 0.2) is 73.3 Å². The number of para-hydroxylation sites is 1. The van der Waals surface area contributed by atoms with Crippen LogP contribution in [0.1, 0.15) is 140 Å². The van der Waals surface area contributed by atoms with Crippen LogP contribution >= 0.6 is 0 Å². The average molecular weight is 1710 g/mol. The summed E-state index contributed by atoms with van der Waals surface area (Å²) in [6.45, 7) is 2.10. The predicted octanol–water partition coefficient (Wildman–Crippen LogP) is -4.85. The van der Waals surface area contributed by atoms with Gasteiger partial charge >= 0.3 is 11.9 Å². The summed E-state index contributed by atoms with van der Waals surface area (Å²) in [5.74, 6) is -15.9. The first-order chi connectivity index (χ1) is 58.2. The second-order valence-corrected chi connectivity index (χ2v) is 30.9. The molecular weight excluding hydrogens is 1590 g/mol. The lowest BCUT2D eigenvalue weighted by molar-refractivity contribution is -0.148. The Balaban J connectivity index is 1.18. The van der Waals surface area contributed by atoms with Crippen molar-refractivity contribution >= 4 is 117 Å². The van der Waals surface area contributed by atoms with Crippen LogP contribution in [-0.4, -0.2) is 283 Å². The Bertz CT molecular complexity index is 4300. The molecule has 0 radical (unpaired) electrons. The van der Waals surface area contributed by atoms with E-state index in [4.69, 9.17) is 28.0 Å². The molecule has 4 aromatic rings. The van der Waals surface area contributed by atoms with E-state index in [9.17, 15) is 68.1 Å². The molecule has 2 aromatic heterocycles. The number of aromatic nitrogens is 3. The monoisotopic (exact) mass is 1700 g/mol. The topological polar surface area (TPSA) is 670 Å². The highest BCUT2D eigenvalue weighted by molar-refractivity contribution is 6.01. The van der Waals surface area contributed by atoms with E-state index < -0.39 is 205 Å². The smallest absolute Gasteiger partial charge is 0.317 e. The molecule has 0 saturated carbocycles. The molecule has 0 spiro atoms. The lowest BCUT2D eigenvalue weighted by atomic mass is 10.0. The van der Waals surface area contributed by atoms with Crippen LogP contribution in [-0.2, 0) is 96.0 Å². The third-order valence-electron chi connectivity index (χ3n) is 20.8. The molecular formula is C79H116N24O19. The molecule has 3 aliphatic heterocycles. The van der Waals surface area contributed by atoms with E-state index in [0.717, 1.165) is 4.90 Å². The number of aliphatic hydroxyl groups is 1. The number of benzene rings is 2. The van der Waals surface area contributed by atoms with Crippen molar-refractivity contribution in [3.05, 3.63) is 90.1 Å². The molecule has 7 rings (SSSR count). The van der Waals surface area contributed by atoms with Gasteiger partial charge in [0, 0.05) is 87.9 Å². The molecule has 3 saturated heterocycles. The molecule has 3 aliphatic rings. The first kappa shape index (κ1) is 96.3. The minimum atomic E-state index is -1.83. The normalized spacial score (nSPS) is 20.7. The number of carbonyl (C=O) groups excluding carboxylic acids is 14. The van der Waals surface area contributed by atoms with Crippen molar-refractivity contribution in [3.63, 3.8) is 0 Å². The van der Waals surface area contributed by atoms with Gasteiger partial charge in [0.2, 0.25) is 82.7 Å². The van der Waals surface area contributed by atoms with Crippen LogP contribution in [0.5, 0.6) is 0 Å². The minimum Gasteiger partial charge on any atom is -0.480 e. The van der Waals surface area contributed by atoms with Gasteiger partial charge in [-0.1, -0.05) is 62.4 Å². The highest BCUT2D eigenvalue weighted by Crippen LogP contribution is 2.28. The van der Waals surface area contributed by atoms with E-state index >= 15 is 24.0 Å². The van der Waals surface area contributed by atoms with Crippen LogP contribution in [0.2, 0.25) is 0 Å². The summed E-state index contributed by atoms with van der Waals surface area (Å²) in [6.07, 6.45) is 3.59. The maximum absolute atomic E-state index is 15.6. The van der Waals surface area contributed by atoms with Crippen molar-refractivity contribution in [2.24, 2.45) is 23.1 Å². The zero-order valence-corrected chi connectivity index (χ0v) is 68.6. The summed E-state index contributed by atoms with van der Waals surface area (Å²) in [6, 6.07) is -2.18. The predicted molar refractivity (Wildman–Crippen MR) is 440 cm³/mol. The SMILES string of the molecule is CC(=O)NC1CCCCNC(=O)CC(C(=O)N2CCCC2C(=O)N2CCCC2C(=O)NC(CCCNC(=N)N)C(=O)NC(CO)C(=O)NC(CCCCN(CC(=O)O)CC(=O)O)C(=O)NC(CC(C)C)C(N)=O)NC(=O)C(Cc2c[nH]c3ccccc23)NC(=O)C(CCCNC(=N)N)NC(=O)C(Cc2ccccc2)NC(=O)C(Cc2cnc[nH]2)NC1=O. The van der Waals surface area contributed by atoms with Gasteiger partial charge in [-0.05, 0) is 126 Å². The number of carboxylic acids is 2. The van der Waals surface area contributed by atoms with Crippen molar-refractivity contribution in [2.75, 3.05) is 59.0 Å². The Morgan fingerprint density at radius 1 is 0.598 bits per heavy atom. The van der Waals surface area contributed by atoms with E-state index in [2.05, 4.69) is 84.1 Å². The molecule has 12 atom stereocenters. The number of rotatable bonds is 38. The third kappa shape index (κ3) is 31.1. The Morgan fingerprint density at radius 2 is 1.16 bits per heavy atom. The van der Waals surface area contributed by atoms with Gasteiger partial charge in [0.1, 0.15) is 72.5 Å². The minimum absolute atomic E-state index is 0.00911. The number of amides is 14. The second kappa shape index (κ2) is 48.4. The first-order valence-corrected chi connectivity index (χ1v) is 40.8. The summed E-state index contributed by atoms with van der Waals surface area (Å²) < 4.78 is 0. The lowest BCUT2D eigenvalue weighted by Gasteiger charge is -2.33. The maximum Gasteiger partial charge on any atom is 0.317 e. The molecule has 12 unspecified atom stereocenters. The lowest BCUT2D eigenvalue weighted by Crippen LogP contribution is -2.61. The summed E-state index contributed by atoms with van der Waals surface area (Å²) in [7, 11) is 0. The molecule has 5 heterocycles. The Labute approximate surface area is 703 Å². The fourth-order valence-electron chi connectivity index (χ4n) is 14.8. The van der Waals surface area contributed by atoms with Gasteiger partial charge < -0.3 is 121 Å². The van der Waals surface area contributed by atoms with Crippen LogP contribution < -0.4 is 86.3 Å². The highest BCUT2D eigenvalue weighted by Gasteiger charge is 2.46. The van der Waals surface area contributed by atoms with Gasteiger partial charge in [0.15, 0.2) is 11.9 Å². The van der Waals surface area contributed by atoms with Crippen LogP contribution in [0.4, 0.5) is 0 Å². The number of hydrogen-bond donors (Lipinski definition) is 23. The molecule has 122 heavy (non-hydrogen) atoms. The van der Waals surface area contributed by atoms with Crippen LogP contribution in [0, 0.1) is 16.7 Å². The number of nitrogens with one attached hydrogen (secondary N) is 17. The molecule has 2 aromatic carbocycles. The highest BCUT2D eigenvalue weighted by atomic mass is 16.4. The Morgan fingerprint density at radius 3 is 1.78 bits per heavy atom. The standard InChI is InChI=1S/C79H116N24O19/c1-44(2)33-55(66(80)111)95-68(113)52(22-10-12-30-101(40-64(107)108)41-65(109)110)93-74(119)60(42-104)100-70(115)54(24-14-29-88-79(83)84)94-75(120)61-25-15-31-102(61)77(122)62-26-16-32-103(62)76(121)59-37-63(106)86-27-11-9-21-51(91-45(3)105)67(112)98-58(36-48-39-85-43-90-48)73(118)96-56(34-46-17-5-4-6-18-46)71(116)92-53(23-13-28-87-78(81)82)69(114)97-57(72(117)99-59)35-47-38-89-50-20-8-7-19-49(47)50/h4-8,17-20,38-39,43-44,51-62,89,104H,9-16,21-37,40-42H2,1-3H3,(H2,80,111)(H,85,90)(H,86,106)(H,91,105)(H,92,116)(H,93,119)(H,94,120)(H,95,113)(H,96,118)(H,97,114)(H,98,112)(H,99,117)(H,100,115)(H,107,108)(H,109,110)(H4,81,82,87)(H4,83,84,88). The molecule has 14 amide bonds. The molecule has 0 bridgehead atoms. The van der Waals surface area contributed by atoms with E-state index in [-0.39, 0.29) is 161 Å². The summed E-state index contributed by atoms with van der Waals surface area (Å²) >= 11 is 0. The van der Waals surface area contributed by atoms with Crippen LogP contribution in [0.25, 0.3) is 10.9 Å². The number of primary amides is 1. The van der Waals surface area contributed by atoms with Crippen molar-refractivity contribution < 1.29 is 92.0 Å². The molecule has 43 nitrogen and oxygen atoms in total. The van der Waals surface area contributed by atoms with Gasteiger partial charge in [0.25, 0.3) is 0 Å².